The number of carbonyl (C=O) groups is 2. The van der Waals surface area contributed by atoms with Crippen molar-refractivity contribution >= 4 is 46.3 Å². The summed E-state index contributed by atoms with van der Waals surface area (Å²) in [7, 11) is 0. The quantitative estimate of drug-likeness (QED) is 0.594. The summed E-state index contributed by atoms with van der Waals surface area (Å²) in [4.78, 5) is 25.4. The fourth-order valence-corrected chi connectivity index (χ4v) is 3.77. The van der Waals surface area contributed by atoms with Crippen molar-refractivity contribution in [3.63, 3.8) is 0 Å². The maximum Gasteiger partial charge on any atom is 0.266 e. The Kier molecular flexibility index (Phi) is 6.07. The molecular formula is C17H18NO5S2-. The van der Waals surface area contributed by atoms with Crippen LogP contribution in [0.25, 0.3) is 6.08 Å². The second-order valence-corrected chi connectivity index (χ2v) is 7.40. The van der Waals surface area contributed by atoms with E-state index in [0.717, 1.165) is 16.7 Å². The van der Waals surface area contributed by atoms with Crippen LogP contribution in [0.1, 0.15) is 26.3 Å². The molecule has 0 aliphatic carbocycles. The number of hydrogen-bond acceptors (Lipinski definition) is 7. The van der Waals surface area contributed by atoms with E-state index in [1.54, 1.807) is 39.0 Å². The summed E-state index contributed by atoms with van der Waals surface area (Å²) in [6.45, 7) is 5.57. The third-order valence-electron chi connectivity index (χ3n) is 3.56. The lowest BCUT2D eigenvalue weighted by Crippen LogP contribution is -2.52. The van der Waals surface area contributed by atoms with Gasteiger partial charge in [-0.3, -0.25) is 9.69 Å². The predicted molar refractivity (Wildman–Crippen MR) is 97.9 cm³/mol. The van der Waals surface area contributed by atoms with Gasteiger partial charge in [0, 0.05) is 0 Å². The first kappa shape index (κ1) is 19.3. The lowest BCUT2D eigenvalue weighted by Gasteiger charge is -2.30. The van der Waals surface area contributed by atoms with E-state index < -0.39 is 17.9 Å². The van der Waals surface area contributed by atoms with Crippen molar-refractivity contribution in [2.24, 2.45) is 5.92 Å². The number of hydrogen-bond donors (Lipinski definition) is 1. The predicted octanol–water partition coefficient (Wildman–Crippen LogP) is 1.77. The van der Waals surface area contributed by atoms with Crippen molar-refractivity contribution in [2.75, 3.05) is 6.61 Å². The molecule has 134 valence electrons. The first-order chi connectivity index (χ1) is 11.8. The molecule has 1 aromatic rings. The van der Waals surface area contributed by atoms with Crippen LogP contribution in [0.15, 0.2) is 23.1 Å². The third-order valence-corrected chi connectivity index (χ3v) is 4.89. The SMILES string of the molecule is CCOc1cc(/C=C2/SC(=S)N([C@H](C(=O)[O-])C(C)C)C2=O)ccc1O. The zero-order chi connectivity index (χ0) is 18.7. The van der Waals surface area contributed by atoms with Crippen molar-refractivity contribution < 1.29 is 24.5 Å². The molecule has 25 heavy (non-hydrogen) atoms. The number of aliphatic carboxylic acids is 1. The van der Waals surface area contributed by atoms with E-state index in [9.17, 15) is 19.8 Å². The molecule has 2 rings (SSSR count). The van der Waals surface area contributed by atoms with Gasteiger partial charge in [-0.2, -0.15) is 0 Å². The lowest BCUT2D eigenvalue weighted by atomic mass is 10.0. The van der Waals surface area contributed by atoms with Gasteiger partial charge in [-0.25, -0.2) is 0 Å². The minimum Gasteiger partial charge on any atom is -0.548 e. The standard InChI is InChI=1S/C17H19NO5S2/c1-4-23-12-7-10(5-6-11(12)19)8-13-15(20)18(17(24)25-13)14(9(2)3)16(21)22/h5-9,14,19H,4H2,1-3H3,(H,21,22)/p-1/b13-8+/t14-/m0/s1. The Labute approximate surface area is 155 Å². The molecule has 0 bridgehead atoms. The fourth-order valence-electron chi connectivity index (χ4n) is 2.44. The number of rotatable bonds is 6. The molecule has 0 unspecified atom stereocenters. The van der Waals surface area contributed by atoms with Crippen LogP contribution < -0.4 is 9.84 Å². The first-order valence-corrected chi connectivity index (χ1v) is 8.92. The van der Waals surface area contributed by atoms with E-state index in [2.05, 4.69) is 0 Å². The number of carboxylic acids is 1. The summed E-state index contributed by atoms with van der Waals surface area (Å²) < 4.78 is 5.50. The van der Waals surface area contributed by atoms with Crippen LogP contribution in [0.4, 0.5) is 0 Å². The second kappa shape index (κ2) is 7.88. The Balaban J connectivity index is 2.34. The molecule has 8 heteroatoms. The number of phenols is 1. The van der Waals surface area contributed by atoms with Crippen molar-refractivity contribution in [1.29, 1.82) is 0 Å². The average Bonchev–Trinajstić information content (AvgIpc) is 2.78. The van der Waals surface area contributed by atoms with Gasteiger partial charge in [-0.1, -0.05) is 43.9 Å². The van der Waals surface area contributed by atoms with Crippen molar-refractivity contribution in [1.82, 2.24) is 4.90 Å². The molecule has 1 aromatic carbocycles. The summed E-state index contributed by atoms with van der Waals surface area (Å²) in [6, 6.07) is 3.58. The van der Waals surface area contributed by atoms with Crippen LogP contribution in [0, 0.1) is 5.92 Å². The average molecular weight is 380 g/mol. The largest absolute Gasteiger partial charge is 0.548 e. The van der Waals surface area contributed by atoms with Gasteiger partial charge in [-0.05, 0) is 36.6 Å². The highest BCUT2D eigenvalue weighted by Gasteiger charge is 2.39. The number of thioether (sulfide) groups is 1. The summed E-state index contributed by atoms with van der Waals surface area (Å²) in [5.74, 6) is -1.84. The van der Waals surface area contributed by atoms with Crippen LogP contribution in [0.5, 0.6) is 11.5 Å². The van der Waals surface area contributed by atoms with Gasteiger partial charge >= 0.3 is 0 Å². The molecule has 1 N–H and O–H groups in total. The van der Waals surface area contributed by atoms with Gasteiger partial charge in [0.1, 0.15) is 4.32 Å². The molecule has 1 fully saturated rings. The highest BCUT2D eigenvalue weighted by atomic mass is 32.2. The van der Waals surface area contributed by atoms with E-state index in [-0.39, 0.29) is 16.0 Å². The van der Waals surface area contributed by atoms with Crippen LogP contribution in [-0.4, -0.2) is 38.9 Å². The number of benzene rings is 1. The summed E-state index contributed by atoms with van der Waals surface area (Å²) in [6.07, 6.45) is 1.59. The normalized spacial score (nSPS) is 17.4. The highest BCUT2D eigenvalue weighted by Crippen LogP contribution is 2.36. The van der Waals surface area contributed by atoms with Crippen molar-refractivity contribution in [3.8, 4) is 11.5 Å². The van der Waals surface area contributed by atoms with Gasteiger partial charge in [-0.15, -0.1) is 0 Å². The number of ether oxygens (including phenoxy) is 1. The monoisotopic (exact) mass is 380 g/mol. The third kappa shape index (κ3) is 4.13. The van der Waals surface area contributed by atoms with Crippen molar-refractivity contribution in [3.05, 3.63) is 28.7 Å². The maximum absolute atomic E-state index is 12.6. The number of nitrogens with zero attached hydrogens (tertiary/aromatic N) is 1. The molecule has 0 radical (unpaired) electrons. The van der Waals surface area contributed by atoms with Gasteiger partial charge in [0.15, 0.2) is 11.5 Å². The van der Waals surface area contributed by atoms with Crippen LogP contribution >= 0.6 is 24.0 Å². The molecular weight excluding hydrogens is 362 g/mol. The Bertz CT molecular complexity index is 745. The number of phenolic OH excluding ortho intramolecular Hbond substituents is 1. The molecule has 0 saturated carbocycles. The Morgan fingerprint density at radius 3 is 2.72 bits per heavy atom. The highest BCUT2D eigenvalue weighted by molar-refractivity contribution is 8.26. The first-order valence-electron chi connectivity index (χ1n) is 7.70. The second-order valence-electron chi connectivity index (χ2n) is 5.72. The fraction of sp³-hybridized carbons (Fsp3) is 0.353. The number of aromatic hydroxyl groups is 1. The minimum atomic E-state index is -1.34. The zero-order valence-corrected chi connectivity index (χ0v) is 15.6. The summed E-state index contributed by atoms with van der Waals surface area (Å²) in [5, 5.41) is 21.1. The summed E-state index contributed by atoms with van der Waals surface area (Å²) >= 11 is 6.22. The minimum absolute atomic E-state index is 0.00312. The smallest absolute Gasteiger partial charge is 0.266 e. The molecule has 0 spiro atoms. The maximum atomic E-state index is 12.6. The van der Waals surface area contributed by atoms with Gasteiger partial charge in [0.25, 0.3) is 5.91 Å². The number of thiocarbonyl (C=S) groups is 1. The number of carboxylic acid groups (broad SMARTS) is 1. The van der Waals surface area contributed by atoms with Gasteiger partial charge < -0.3 is 19.7 Å². The lowest BCUT2D eigenvalue weighted by molar-refractivity contribution is -0.311. The van der Waals surface area contributed by atoms with Gasteiger partial charge in [0.05, 0.1) is 23.5 Å². The van der Waals surface area contributed by atoms with E-state index in [1.165, 1.54) is 6.07 Å². The molecule has 0 aromatic heterocycles. The molecule has 1 aliphatic heterocycles. The zero-order valence-electron chi connectivity index (χ0n) is 14.0. The van der Waals surface area contributed by atoms with Crippen molar-refractivity contribution in [2.45, 2.75) is 26.8 Å². The van der Waals surface area contributed by atoms with Gasteiger partial charge in [0.2, 0.25) is 0 Å². The molecule has 6 nitrogen and oxygen atoms in total. The topological polar surface area (TPSA) is 89.9 Å². The molecule has 1 saturated heterocycles. The molecule has 1 amide bonds. The molecule has 1 atom stereocenters. The Morgan fingerprint density at radius 2 is 2.16 bits per heavy atom. The number of amides is 1. The van der Waals surface area contributed by atoms with E-state index in [1.807, 2.05) is 0 Å². The van der Waals surface area contributed by atoms with Crippen LogP contribution in [0.3, 0.4) is 0 Å². The molecule has 1 heterocycles. The number of carbonyl (C=O) groups excluding carboxylic acids is 2. The van der Waals surface area contributed by atoms with Crippen LogP contribution in [-0.2, 0) is 9.59 Å². The summed E-state index contributed by atoms with van der Waals surface area (Å²) in [5.41, 5.74) is 0.635. The van der Waals surface area contributed by atoms with E-state index in [4.69, 9.17) is 17.0 Å². The van der Waals surface area contributed by atoms with Crippen LogP contribution in [0.2, 0.25) is 0 Å². The van der Waals surface area contributed by atoms with E-state index >= 15 is 0 Å². The molecule has 1 aliphatic rings. The van der Waals surface area contributed by atoms with E-state index in [0.29, 0.717) is 22.8 Å². The Hall–Kier alpha value is -2.06. The Morgan fingerprint density at radius 1 is 1.48 bits per heavy atom.